The van der Waals surface area contributed by atoms with Gasteiger partial charge in [-0.1, -0.05) is 30.3 Å². The highest BCUT2D eigenvalue weighted by Crippen LogP contribution is 2.18. The number of likely N-dealkylation sites (tertiary alicyclic amines) is 2. The number of benzene rings is 1. The van der Waals surface area contributed by atoms with Crippen molar-refractivity contribution in [3.63, 3.8) is 0 Å². The lowest BCUT2D eigenvalue weighted by Gasteiger charge is -2.35. The van der Waals surface area contributed by atoms with Crippen LogP contribution >= 0.6 is 12.4 Å². The Hall–Kier alpha value is -1.79. The van der Waals surface area contributed by atoms with Crippen LogP contribution in [0, 0.1) is 5.92 Å². The minimum Gasteiger partial charge on any atom is -0.481 e. The monoisotopic (exact) mass is 381 g/mol. The minimum atomic E-state index is -0.745. The van der Waals surface area contributed by atoms with Crippen molar-refractivity contribution >= 4 is 24.4 Å². The molecule has 0 unspecified atom stereocenters. The van der Waals surface area contributed by atoms with Crippen LogP contribution in [-0.4, -0.2) is 59.1 Å². The number of nitrogens with zero attached hydrogens (tertiary/aromatic N) is 2. The largest absolute Gasteiger partial charge is 0.481 e. The lowest BCUT2D eigenvalue weighted by molar-refractivity contribution is -0.143. The Labute approximate surface area is 161 Å². The van der Waals surface area contributed by atoms with Crippen LogP contribution in [0.1, 0.15) is 31.2 Å². The highest BCUT2D eigenvalue weighted by atomic mass is 35.5. The van der Waals surface area contributed by atoms with Crippen LogP contribution in [-0.2, 0) is 11.3 Å². The van der Waals surface area contributed by atoms with Gasteiger partial charge in [0, 0.05) is 38.8 Å². The molecular formula is C19H28ClN3O3. The summed E-state index contributed by atoms with van der Waals surface area (Å²) in [6.07, 6.45) is 3.03. The molecule has 0 spiro atoms. The Bertz CT molecular complexity index is 583. The second-order valence-electron chi connectivity index (χ2n) is 7.09. The molecule has 1 aromatic carbocycles. The first-order chi connectivity index (χ1) is 12.1. The zero-order valence-corrected chi connectivity index (χ0v) is 15.8. The summed E-state index contributed by atoms with van der Waals surface area (Å²) in [5.41, 5.74) is 1.33. The first-order valence-corrected chi connectivity index (χ1v) is 9.16. The molecule has 6 nitrogen and oxygen atoms in total. The third-order valence-electron chi connectivity index (χ3n) is 5.30. The van der Waals surface area contributed by atoms with Crippen LogP contribution < -0.4 is 5.32 Å². The summed E-state index contributed by atoms with van der Waals surface area (Å²) in [6.45, 7) is 4.01. The summed E-state index contributed by atoms with van der Waals surface area (Å²) in [5, 5.41) is 12.2. The van der Waals surface area contributed by atoms with E-state index in [2.05, 4.69) is 34.5 Å². The number of hydrogen-bond acceptors (Lipinski definition) is 3. The number of carboxylic acids is 1. The molecule has 2 amide bonds. The fourth-order valence-corrected chi connectivity index (χ4v) is 3.67. The molecule has 0 aromatic heterocycles. The normalized spacial score (nSPS) is 19.6. The maximum Gasteiger partial charge on any atom is 0.317 e. The van der Waals surface area contributed by atoms with Gasteiger partial charge in [-0.05, 0) is 31.2 Å². The van der Waals surface area contributed by atoms with Gasteiger partial charge in [-0.25, -0.2) is 4.79 Å². The number of carbonyl (C=O) groups is 2. The molecular weight excluding hydrogens is 354 g/mol. The fraction of sp³-hybridized carbons (Fsp3) is 0.579. The van der Waals surface area contributed by atoms with Crippen molar-refractivity contribution in [3.8, 4) is 0 Å². The third kappa shape index (κ3) is 5.61. The van der Waals surface area contributed by atoms with E-state index in [9.17, 15) is 9.59 Å². The summed E-state index contributed by atoms with van der Waals surface area (Å²) in [5.74, 6) is -1.05. The zero-order chi connectivity index (χ0) is 17.6. The van der Waals surface area contributed by atoms with E-state index in [0.717, 1.165) is 32.5 Å². The fourth-order valence-electron chi connectivity index (χ4n) is 3.67. The van der Waals surface area contributed by atoms with E-state index in [0.29, 0.717) is 25.9 Å². The summed E-state index contributed by atoms with van der Waals surface area (Å²) in [4.78, 5) is 27.5. The summed E-state index contributed by atoms with van der Waals surface area (Å²) in [6, 6.07) is 10.6. The molecule has 144 valence electrons. The molecule has 2 aliphatic rings. The van der Waals surface area contributed by atoms with E-state index in [4.69, 9.17) is 5.11 Å². The smallest absolute Gasteiger partial charge is 0.317 e. The number of carbonyl (C=O) groups excluding carboxylic acids is 1. The van der Waals surface area contributed by atoms with E-state index >= 15 is 0 Å². The molecule has 2 N–H and O–H groups in total. The molecule has 0 aliphatic carbocycles. The third-order valence-corrected chi connectivity index (χ3v) is 5.30. The zero-order valence-electron chi connectivity index (χ0n) is 15.0. The Morgan fingerprint density at radius 1 is 1.00 bits per heavy atom. The molecule has 2 aliphatic heterocycles. The van der Waals surface area contributed by atoms with Crippen LogP contribution in [0.2, 0.25) is 0 Å². The predicted molar refractivity (Wildman–Crippen MR) is 102 cm³/mol. The average Bonchev–Trinajstić information content (AvgIpc) is 2.64. The number of aliphatic carboxylic acids is 1. The van der Waals surface area contributed by atoms with E-state index in [1.54, 1.807) is 4.90 Å². The number of halogens is 1. The molecule has 2 saturated heterocycles. The highest BCUT2D eigenvalue weighted by molar-refractivity contribution is 5.85. The molecule has 2 fully saturated rings. The van der Waals surface area contributed by atoms with Crippen LogP contribution in [0.3, 0.4) is 0 Å². The molecule has 0 atom stereocenters. The number of urea groups is 1. The summed E-state index contributed by atoms with van der Waals surface area (Å²) >= 11 is 0. The van der Waals surface area contributed by atoms with Gasteiger partial charge in [0.25, 0.3) is 0 Å². The van der Waals surface area contributed by atoms with Gasteiger partial charge in [0.15, 0.2) is 0 Å². The first kappa shape index (κ1) is 20.5. The molecule has 0 radical (unpaired) electrons. The van der Waals surface area contributed by atoms with Crippen molar-refractivity contribution in [2.75, 3.05) is 26.2 Å². The molecule has 7 heteroatoms. The van der Waals surface area contributed by atoms with Crippen LogP contribution in [0.5, 0.6) is 0 Å². The molecule has 0 bridgehead atoms. The topological polar surface area (TPSA) is 72.9 Å². The van der Waals surface area contributed by atoms with Crippen LogP contribution in [0.25, 0.3) is 0 Å². The molecule has 3 rings (SSSR count). The number of rotatable bonds is 4. The van der Waals surface area contributed by atoms with Crippen molar-refractivity contribution in [3.05, 3.63) is 35.9 Å². The Balaban J connectivity index is 0.00000243. The number of hydrogen-bond donors (Lipinski definition) is 2. The van der Waals surface area contributed by atoms with Gasteiger partial charge < -0.3 is 15.3 Å². The Morgan fingerprint density at radius 2 is 1.62 bits per heavy atom. The standard InChI is InChI=1S/C19H27N3O3.ClH/c23-18(24)16-6-12-22(13-7-16)19(25)20-17-8-10-21(11-9-17)14-15-4-2-1-3-5-15;/h1-5,16-17H,6-14H2,(H,20,25)(H,23,24);1H. The van der Waals surface area contributed by atoms with E-state index in [1.807, 2.05) is 6.07 Å². The number of carboxylic acid groups (broad SMARTS) is 1. The summed E-state index contributed by atoms with van der Waals surface area (Å²) in [7, 11) is 0. The number of piperidine rings is 2. The Morgan fingerprint density at radius 3 is 2.19 bits per heavy atom. The van der Waals surface area contributed by atoms with Gasteiger partial charge >= 0.3 is 12.0 Å². The van der Waals surface area contributed by atoms with Gasteiger partial charge in [-0.3, -0.25) is 9.69 Å². The average molecular weight is 382 g/mol. The van der Waals surface area contributed by atoms with E-state index in [-0.39, 0.29) is 30.4 Å². The minimum absolute atomic E-state index is 0. The van der Waals surface area contributed by atoms with Gasteiger partial charge in [0.1, 0.15) is 0 Å². The predicted octanol–water partition coefficient (Wildman–Crippen LogP) is 2.58. The lowest BCUT2D eigenvalue weighted by atomic mass is 9.97. The Kier molecular flexibility index (Phi) is 7.72. The number of amides is 2. The van der Waals surface area contributed by atoms with E-state index < -0.39 is 5.97 Å². The van der Waals surface area contributed by atoms with Crippen LogP contribution in [0.15, 0.2) is 30.3 Å². The van der Waals surface area contributed by atoms with Crippen molar-refractivity contribution in [2.24, 2.45) is 5.92 Å². The van der Waals surface area contributed by atoms with Gasteiger partial charge in [0.05, 0.1) is 5.92 Å². The van der Waals surface area contributed by atoms with Crippen LogP contribution in [0.4, 0.5) is 4.79 Å². The second kappa shape index (κ2) is 9.78. The first-order valence-electron chi connectivity index (χ1n) is 9.16. The van der Waals surface area contributed by atoms with Crippen molar-refractivity contribution in [1.82, 2.24) is 15.1 Å². The summed E-state index contributed by atoms with van der Waals surface area (Å²) < 4.78 is 0. The lowest BCUT2D eigenvalue weighted by Crippen LogP contribution is -2.51. The maximum absolute atomic E-state index is 12.4. The van der Waals surface area contributed by atoms with Gasteiger partial charge in [-0.2, -0.15) is 0 Å². The quantitative estimate of drug-likeness (QED) is 0.840. The molecule has 1 aromatic rings. The van der Waals surface area contributed by atoms with Gasteiger partial charge in [0.2, 0.25) is 0 Å². The van der Waals surface area contributed by atoms with E-state index in [1.165, 1.54) is 5.56 Å². The van der Waals surface area contributed by atoms with Crippen molar-refractivity contribution in [2.45, 2.75) is 38.3 Å². The molecule has 2 heterocycles. The SMILES string of the molecule is Cl.O=C(O)C1CCN(C(=O)NC2CCN(Cc3ccccc3)CC2)CC1. The highest BCUT2D eigenvalue weighted by Gasteiger charge is 2.28. The van der Waals surface area contributed by atoms with Crippen molar-refractivity contribution in [1.29, 1.82) is 0 Å². The second-order valence-corrected chi connectivity index (χ2v) is 7.09. The van der Waals surface area contributed by atoms with Gasteiger partial charge in [-0.15, -0.1) is 12.4 Å². The number of nitrogens with one attached hydrogen (secondary N) is 1. The molecule has 26 heavy (non-hydrogen) atoms. The van der Waals surface area contributed by atoms with Crippen molar-refractivity contribution < 1.29 is 14.7 Å². The molecule has 0 saturated carbocycles. The maximum atomic E-state index is 12.4.